The van der Waals surface area contributed by atoms with Crippen molar-refractivity contribution in [2.24, 2.45) is 0 Å². The second kappa shape index (κ2) is 4.65. The third-order valence-corrected chi connectivity index (χ3v) is 3.04. The molecule has 1 aromatic carbocycles. The van der Waals surface area contributed by atoms with Gasteiger partial charge in [0.1, 0.15) is 5.82 Å². The first-order chi connectivity index (χ1) is 8.36. The van der Waals surface area contributed by atoms with Gasteiger partial charge < -0.3 is 5.73 Å². The Morgan fingerprint density at radius 2 is 2.00 bits per heavy atom. The van der Waals surface area contributed by atoms with Gasteiger partial charge in [0.25, 0.3) is 0 Å². The second-order valence-corrected chi connectivity index (χ2v) is 5.93. The van der Waals surface area contributed by atoms with Crippen LogP contribution in [0.15, 0.2) is 30.3 Å². The van der Waals surface area contributed by atoms with Crippen LogP contribution in [0.2, 0.25) is 5.02 Å². The van der Waals surface area contributed by atoms with Crippen LogP contribution in [0.1, 0.15) is 32.0 Å². The topological polar surface area (TPSA) is 43.8 Å². The maximum atomic E-state index is 5.99. The van der Waals surface area contributed by atoms with Crippen LogP contribution in [0.25, 0.3) is 0 Å². The molecule has 0 aliphatic rings. The van der Waals surface area contributed by atoms with Crippen LogP contribution in [0, 0.1) is 0 Å². The fraction of sp³-hybridized carbons (Fsp3) is 0.357. The predicted octanol–water partition coefficient (Wildman–Crippen LogP) is 3.46. The Balaban J connectivity index is 2.27. The second-order valence-electron chi connectivity index (χ2n) is 5.49. The van der Waals surface area contributed by atoms with Crippen molar-refractivity contribution in [2.75, 3.05) is 5.73 Å². The van der Waals surface area contributed by atoms with Gasteiger partial charge in [0.15, 0.2) is 0 Å². The van der Waals surface area contributed by atoms with E-state index in [4.69, 9.17) is 17.3 Å². The molecule has 2 aromatic rings. The summed E-state index contributed by atoms with van der Waals surface area (Å²) in [7, 11) is 0. The molecule has 96 valence electrons. The molecule has 4 heteroatoms. The molecule has 0 spiro atoms. The van der Waals surface area contributed by atoms with Gasteiger partial charge in [0.2, 0.25) is 0 Å². The number of nitrogens with two attached hydrogens (primary N) is 1. The van der Waals surface area contributed by atoms with Gasteiger partial charge in [-0.1, -0.05) is 44.5 Å². The van der Waals surface area contributed by atoms with Crippen LogP contribution in [0.5, 0.6) is 0 Å². The Labute approximate surface area is 113 Å². The maximum absolute atomic E-state index is 5.99. The molecule has 3 nitrogen and oxygen atoms in total. The Bertz CT molecular complexity index is 552. The molecule has 0 fully saturated rings. The molecule has 0 aliphatic carbocycles. The summed E-state index contributed by atoms with van der Waals surface area (Å²) in [6.45, 7) is 7.01. The van der Waals surface area contributed by atoms with Crippen molar-refractivity contribution in [3.8, 4) is 0 Å². The molecule has 0 atom stereocenters. The van der Waals surface area contributed by atoms with E-state index in [0.29, 0.717) is 12.4 Å². The number of halogens is 1. The molecule has 2 rings (SSSR count). The molecule has 1 heterocycles. The molecular formula is C14H18ClN3. The minimum Gasteiger partial charge on any atom is -0.384 e. The van der Waals surface area contributed by atoms with Gasteiger partial charge in [-0.15, -0.1) is 0 Å². The van der Waals surface area contributed by atoms with E-state index in [1.165, 1.54) is 0 Å². The summed E-state index contributed by atoms with van der Waals surface area (Å²) in [5.74, 6) is 0.680. The van der Waals surface area contributed by atoms with Gasteiger partial charge in [-0.2, -0.15) is 5.10 Å². The van der Waals surface area contributed by atoms with E-state index < -0.39 is 0 Å². The van der Waals surface area contributed by atoms with Crippen LogP contribution in [-0.4, -0.2) is 9.78 Å². The highest BCUT2D eigenvalue weighted by molar-refractivity contribution is 6.30. The van der Waals surface area contributed by atoms with Gasteiger partial charge in [-0.25, -0.2) is 4.68 Å². The maximum Gasteiger partial charge on any atom is 0.122 e. The van der Waals surface area contributed by atoms with E-state index in [1.54, 1.807) is 0 Å². The standard InChI is InChI=1S/C14H18ClN3/c1-14(2,3)12-8-13(16)18(17-12)9-10-5-4-6-11(15)7-10/h4-8H,9,16H2,1-3H3. The third-order valence-electron chi connectivity index (χ3n) is 2.80. The largest absolute Gasteiger partial charge is 0.384 e. The zero-order valence-electron chi connectivity index (χ0n) is 10.9. The number of nitrogens with zero attached hydrogens (tertiary/aromatic N) is 2. The summed E-state index contributed by atoms with van der Waals surface area (Å²) < 4.78 is 1.81. The normalized spacial score (nSPS) is 11.8. The van der Waals surface area contributed by atoms with E-state index in [2.05, 4.69) is 25.9 Å². The number of aromatic nitrogens is 2. The molecule has 0 saturated heterocycles. The van der Waals surface area contributed by atoms with E-state index in [0.717, 1.165) is 16.3 Å². The molecule has 0 amide bonds. The van der Waals surface area contributed by atoms with E-state index in [-0.39, 0.29) is 5.41 Å². The van der Waals surface area contributed by atoms with E-state index in [1.807, 2.05) is 35.0 Å². The van der Waals surface area contributed by atoms with Crippen LogP contribution in [0.3, 0.4) is 0 Å². The SMILES string of the molecule is CC(C)(C)c1cc(N)n(Cc2cccc(Cl)c2)n1. The Morgan fingerprint density at radius 3 is 2.56 bits per heavy atom. The van der Waals surface area contributed by atoms with Gasteiger partial charge in [-0.05, 0) is 17.7 Å². The van der Waals surface area contributed by atoms with Gasteiger partial charge in [0, 0.05) is 16.5 Å². The zero-order valence-corrected chi connectivity index (χ0v) is 11.7. The number of benzene rings is 1. The van der Waals surface area contributed by atoms with Gasteiger partial charge >= 0.3 is 0 Å². The van der Waals surface area contributed by atoms with E-state index >= 15 is 0 Å². The number of hydrogen-bond acceptors (Lipinski definition) is 2. The van der Waals surface area contributed by atoms with Crippen molar-refractivity contribution >= 4 is 17.4 Å². The summed E-state index contributed by atoms with van der Waals surface area (Å²) in [6.07, 6.45) is 0. The number of nitrogen functional groups attached to an aromatic ring is 1. The molecule has 18 heavy (non-hydrogen) atoms. The minimum absolute atomic E-state index is 0.00764. The predicted molar refractivity (Wildman–Crippen MR) is 75.9 cm³/mol. The lowest BCUT2D eigenvalue weighted by Crippen LogP contribution is -2.13. The average molecular weight is 264 g/mol. The lowest BCUT2D eigenvalue weighted by molar-refractivity contribution is 0.546. The number of rotatable bonds is 2. The fourth-order valence-corrected chi connectivity index (χ4v) is 1.95. The molecule has 0 radical (unpaired) electrons. The molecule has 0 unspecified atom stereocenters. The molecule has 0 saturated carbocycles. The highest BCUT2D eigenvalue weighted by Gasteiger charge is 2.18. The highest BCUT2D eigenvalue weighted by atomic mass is 35.5. The average Bonchev–Trinajstić information content (AvgIpc) is 2.60. The van der Waals surface area contributed by atoms with Crippen molar-refractivity contribution in [3.05, 3.63) is 46.6 Å². The molecule has 0 bridgehead atoms. The van der Waals surface area contributed by atoms with E-state index in [9.17, 15) is 0 Å². The highest BCUT2D eigenvalue weighted by Crippen LogP contribution is 2.23. The summed E-state index contributed by atoms with van der Waals surface area (Å²) in [5, 5.41) is 5.29. The number of anilines is 1. The monoisotopic (exact) mass is 263 g/mol. The quantitative estimate of drug-likeness (QED) is 0.902. The zero-order chi connectivity index (χ0) is 13.3. The molecule has 2 N–H and O–H groups in total. The van der Waals surface area contributed by atoms with Crippen molar-refractivity contribution in [2.45, 2.75) is 32.7 Å². The van der Waals surface area contributed by atoms with Crippen molar-refractivity contribution in [1.82, 2.24) is 9.78 Å². The Hall–Kier alpha value is -1.48. The Kier molecular flexibility index (Phi) is 3.35. The lowest BCUT2D eigenvalue weighted by Gasteiger charge is -2.14. The summed E-state index contributed by atoms with van der Waals surface area (Å²) in [5.41, 5.74) is 8.10. The van der Waals surface area contributed by atoms with Crippen molar-refractivity contribution in [1.29, 1.82) is 0 Å². The van der Waals surface area contributed by atoms with Gasteiger partial charge in [0.05, 0.1) is 12.2 Å². The fourth-order valence-electron chi connectivity index (χ4n) is 1.73. The smallest absolute Gasteiger partial charge is 0.122 e. The summed E-state index contributed by atoms with van der Waals surface area (Å²) in [4.78, 5) is 0. The first-order valence-corrected chi connectivity index (χ1v) is 6.32. The molecule has 1 aromatic heterocycles. The third kappa shape index (κ3) is 2.85. The van der Waals surface area contributed by atoms with Crippen LogP contribution < -0.4 is 5.73 Å². The first-order valence-electron chi connectivity index (χ1n) is 5.94. The Morgan fingerprint density at radius 1 is 1.28 bits per heavy atom. The minimum atomic E-state index is 0.00764. The summed E-state index contributed by atoms with van der Waals surface area (Å²) >= 11 is 5.97. The van der Waals surface area contributed by atoms with Crippen LogP contribution in [0.4, 0.5) is 5.82 Å². The summed E-state index contributed by atoms with van der Waals surface area (Å²) in [6, 6.07) is 9.67. The van der Waals surface area contributed by atoms with Crippen LogP contribution in [-0.2, 0) is 12.0 Å². The van der Waals surface area contributed by atoms with Crippen molar-refractivity contribution < 1.29 is 0 Å². The molecular weight excluding hydrogens is 246 g/mol. The van der Waals surface area contributed by atoms with Gasteiger partial charge in [-0.3, -0.25) is 0 Å². The van der Waals surface area contributed by atoms with Crippen LogP contribution >= 0.6 is 11.6 Å². The molecule has 0 aliphatic heterocycles. The number of hydrogen-bond donors (Lipinski definition) is 1. The first kappa shape index (κ1) is 13.0. The van der Waals surface area contributed by atoms with Crippen molar-refractivity contribution in [3.63, 3.8) is 0 Å². The lowest BCUT2D eigenvalue weighted by atomic mass is 9.92.